The summed E-state index contributed by atoms with van der Waals surface area (Å²) in [6.07, 6.45) is -0.354. The first-order valence-corrected chi connectivity index (χ1v) is 9.67. The molecule has 0 heterocycles. The van der Waals surface area contributed by atoms with Gasteiger partial charge >= 0.3 is 37.7 Å². The van der Waals surface area contributed by atoms with Gasteiger partial charge in [0.1, 0.15) is 0 Å². The minimum Gasteiger partial charge on any atom is -0.748 e. The number of rotatable bonds is 8. The Morgan fingerprint density at radius 2 is 1.12 bits per heavy atom. The average molecular weight is 435 g/mol. The number of carbonyl (C=O) groups is 2. The minimum absolute atomic E-state index is 0. The molecule has 0 radical (unpaired) electrons. The van der Waals surface area contributed by atoms with Crippen molar-refractivity contribution >= 4 is 69.8 Å². The van der Waals surface area contributed by atoms with Crippen molar-refractivity contribution in [2.75, 3.05) is 38.5 Å². The van der Waals surface area contributed by atoms with E-state index in [1.54, 1.807) is 0 Å². The van der Waals surface area contributed by atoms with Gasteiger partial charge in [-0.05, 0) is 12.8 Å². The Kier molecular flexibility index (Phi) is 10.4. The summed E-state index contributed by atoms with van der Waals surface area (Å²) in [5.41, 5.74) is 0. The summed E-state index contributed by atoms with van der Waals surface area (Å²) in [4.78, 5) is 22.9. The van der Waals surface area contributed by atoms with E-state index in [1.165, 1.54) is 0 Å². The van der Waals surface area contributed by atoms with Crippen LogP contribution in [-0.4, -0.2) is 124 Å². The molecule has 13 heteroatoms. The molecule has 0 fully saturated rings. The SMILES string of the molecule is [2H]C([2H])([2H])N(CCCS(=O)(=O)[O-])C(C)=O.[2H]C([2H])([2H])N(CCCS(=O)(=O)[O-])C(C)=O.[Ca+2]. The maximum Gasteiger partial charge on any atom is 2.00 e. The van der Waals surface area contributed by atoms with Crippen molar-refractivity contribution in [3.8, 4) is 0 Å². The van der Waals surface area contributed by atoms with Crippen LogP contribution in [0.1, 0.15) is 34.9 Å². The maximum absolute atomic E-state index is 10.9. The smallest absolute Gasteiger partial charge is 0.748 e. The molecule has 0 atom stereocenters. The fourth-order valence-corrected chi connectivity index (χ4v) is 2.08. The fourth-order valence-electron chi connectivity index (χ4n) is 1.11. The van der Waals surface area contributed by atoms with Crippen LogP contribution in [0, 0.1) is 0 Å². The molecule has 0 aromatic heterocycles. The molecule has 0 N–H and O–H groups in total. The third-order valence-corrected chi connectivity index (χ3v) is 3.89. The van der Waals surface area contributed by atoms with E-state index in [0.717, 1.165) is 13.8 Å². The molecule has 0 saturated carbocycles. The number of hydrogen-bond donors (Lipinski definition) is 0. The minimum atomic E-state index is -4.36. The predicted octanol–water partition coefficient (Wildman–Crippen LogP) is -1.58. The van der Waals surface area contributed by atoms with E-state index in [9.17, 15) is 35.5 Å². The van der Waals surface area contributed by atoms with Gasteiger partial charge in [0.05, 0.1) is 20.2 Å². The van der Waals surface area contributed by atoms with Crippen LogP contribution in [0.5, 0.6) is 0 Å². The Bertz CT molecular complexity index is 720. The molecule has 2 amide bonds. The van der Waals surface area contributed by atoms with E-state index >= 15 is 0 Å². The van der Waals surface area contributed by atoms with Gasteiger partial charge in [0, 0.05) is 60.6 Å². The van der Waals surface area contributed by atoms with Gasteiger partial charge in [0.15, 0.2) is 0 Å². The van der Waals surface area contributed by atoms with Crippen LogP contribution in [0.15, 0.2) is 0 Å². The Balaban J connectivity index is -0.000000490. The van der Waals surface area contributed by atoms with Crippen LogP contribution in [0.25, 0.3) is 0 Å². The van der Waals surface area contributed by atoms with Crippen molar-refractivity contribution in [1.82, 2.24) is 9.80 Å². The topological polar surface area (TPSA) is 155 Å². The Morgan fingerprint density at radius 3 is 1.28 bits per heavy atom. The van der Waals surface area contributed by atoms with E-state index in [1.807, 2.05) is 0 Å². The van der Waals surface area contributed by atoms with Crippen molar-refractivity contribution in [1.29, 1.82) is 0 Å². The van der Waals surface area contributed by atoms with E-state index in [0.29, 0.717) is 9.80 Å². The summed E-state index contributed by atoms with van der Waals surface area (Å²) in [7, 11) is -8.73. The summed E-state index contributed by atoms with van der Waals surface area (Å²) in [6, 6.07) is 0. The normalized spacial score (nSPS) is 15.4. The summed E-state index contributed by atoms with van der Waals surface area (Å²) >= 11 is 0. The number of amides is 2. The number of nitrogens with zero attached hydrogens (tertiary/aromatic N) is 2. The van der Waals surface area contributed by atoms with E-state index < -0.39 is 57.5 Å². The monoisotopic (exact) mass is 434 g/mol. The van der Waals surface area contributed by atoms with Crippen LogP contribution >= 0.6 is 0 Å². The molecule has 0 unspecified atom stereocenters. The van der Waals surface area contributed by atoms with Gasteiger partial charge in [-0.2, -0.15) is 0 Å². The second-order valence-corrected chi connectivity index (χ2v) is 7.62. The van der Waals surface area contributed by atoms with Crippen LogP contribution in [0.4, 0.5) is 0 Å². The first-order valence-electron chi connectivity index (χ1n) is 9.51. The van der Waals surface area contributed by atoms with Gasteiger partial charge in [-0.1, -0.05) is 0 Å². The zero-order chi connectivity index (χ0) is 24.6. The second-order valence-electron chi connectivity index (χ2n) is 4.57. The average Bonchev–Trinajstić information content (AvgIpc) is 2.43. The van der Waals surface area contributed by atoms with E-state index in [2.05, 4.69) is 0 Å². The maximum atomic E-state index is 10.9. The zero-order valence-corrected chi connectivity index (χ0v) is 17.8. The molecule has 0 aromatic rings. The molecule has 0 spiro atoms. The molecule has 0 bridgehead atoms. The summed E-state index contributed by atoms with van der Waals surface area (Å²) < 4.78 is 103. The van der Waals surface area contributed by atoms with E-state index in [4.69, 9.17) is 8.22 Å². The number of hydrogen-bond acceptors (Lipinski definition) is 8. The van der Waals surface area contributed by atoms with Crippen molar-refractivity contribution < 1.29 is 43.8 Å². The van der Waals surface area contributed by atoms with Gasteiger partial charge in [0.25, 0.3) is 0 Å². The summed E-state index contributed by atoms with van der Waals surface area (Å²) in [6.45, 7) is -3.60. The largest absolute Gasteiger partial charge is 2.00 e. The molecule has 25 heavy (non-hydrogen) atoms. The van der Waals surface area contributed by atoms with Crippen LogP contribution < -0.4 is 0 Å². The van der Waals surface area contributed by atoms with Crippen LogP contribution in [-0.2, 0) is 29.8 Å². The third-order valence-electron chi connectivity index (χ3n) is 2.31. The molecule has 10 nitrogen and oxygen atoms in total. The molecular weight excluding hydrogens is 404 g/mol. The van der Waals surface area contributed by atoms with Gasteiger partial charge in [-0.3, -0.25) is 9.59 Å². The molecule has 0 aliphatic heterocycles. The van der Waals surface area contributed by atoms with Crippen LogP contribution in [0.3, 0.4) is 0 Å². The molecule has 0 aromatic carbocycles. The molecule has 0 aliphatic carbocycles. The van der Waals surface area contributed by atoms with Crippen molar-refractivity contribution in [2.24, 2.45) is 0 Å². The Hall–Kier alpha value is 0.0197. The van der Waals surface area contributed by atoms with Gasteiger partial charge in [0.2, 0.25) is 11.8 Å². The predicted molar refractivity (Wildman–Crippen MR) is 90.7 cm³/mol. The molecule has 0 aliphatic rings. The molecule has 0 saturated heterocycles. The zero-order valence-electron chi connectivity index (χ0n) is 19.9. The van der Waals surface area contributed by atoms with Crippen molar-refractivity contribution in [3.05, 3.63) is 0 Å². The third kappa shape index (κ3) is 24.0. The van der Waals surface area contributed by atoms with Gasteiger partial charge in [-0.25, -0.2) is 16.8 Å². The second kappa shape index (κ2) is 14.1. The fraction of sp³-hybridized carbons (Fsp3) is 0.833. The molecular formula is C12H24CaN2O8S2. The standard InChI is InChI=1S/2C6H13NO4S.Ca/c2*1-6(8)7(2)4-3-5-12(9,10)11;/h2*3-5H2,1-2H3,(H,9,10,11);/q;;+2/p-2/i2*2D3;. The first kappa shape index (κ1) is 18.4. The van der Waals surface area contributed by atoms with E-state index in [-0.39, 0.29) is 63.7 Å². The molecule has 144 valence electrons. The van der Waals surface area contributed by atoms with Gasteiger partial charge < -0.3 is 18.9 Å². The first-order chi connectivity index (χ1) is 13.1. The quantitative estimate of drug-likeness (QED) is 0.327. The number of carbonyl (C=O) groups excluding carboxylic acids is 2. The summed E-state index contributed by atoms with van der Waals surface area (Å²) in [5.74, 6) is -2.71. The van der Waals surface area contributed by atoms with Crippen LogP contribution in [0.2, 0.25) is 0 Å². The molecule has 0 rings (SSSR count). The Morgan fingerprint density at radius 1 is 0.840 bits per heavy atom. The van der Waals surface area contributed by atoms with Crippen molar-refractivity contribution in [2.45, 2.75) is 26.7 Å². The van der Waals surface area contributed by atoms with Gasteiger partial charge in [-0.15, -0.1) is 0 Å². The van der Waals surface area contributed by atoms with Crippen molar-refractivity contribution in [3.63, 3.8) is 0 Å². The Labute approximate surface area is 187 Å². The summed E-state index contributed by atoms with van der Waals surface area (Å²) in [5, 5.41) is 0.